The van der Waals surface area contributed by atoms with Crippen molar-refractivity contribution in [1.29, 1.82) is 0 Å². The average molecular weight is 508 g/mol. The van der Waals surface area contributed by atoms with Gasteiger partial charge in [-0.3, -0.25) is 9.78 Å². The topological polar surface area (TPSA) is 30.0 Å². The van der Waals surface area contributed by atoms with Crippen molar-refractivity contribution in [1.82, 2.24) is 4.98 Å². The normalized spacial score (nSPS) is 13.2. The predicted molar refractivity (Wildman–Crippen MR) is 126 cm³/mol. The molecule has 8 heteroatoms. The molecule has 0 saturated carbocycles. The van der Waals surface area contributed by atoms with E-state index in [1.54, 1.807) is 0 Å². The van der Waals surface area contributed by atoms with E-state index in [9.17, 15) is 31.1 Å². The summed E-state index contributed by atoms with van der Waals surface area (Å²) >= 11 is 0. The minimum Gasteiger partial charge on any atom is -0.299 e. The molecule has 0 N–H and O–H groups in total. The van der Waals surface area contributed by atoms with E-state index in [-0.39, 0.29) is 35.8 Å². The number of pyridine rings is 1. The molecule has 0 aliphatic carbocycles. The number of hydrogen-bond acceptors (Lipinski definition) is 2. The summed E-state index contributed by atoms with van der Waals surface area (Å²) in [6, 6.07) is 11.6. The van der Waals surface area contributed by atoms with E-state index >= 15 is 0 Å². The molecular formula is C28H27F6NO. The van der Waals surface area contributed by atoms with E-state index in [1.165, 1.54) is 6.20 Å². The molecule has 0 radical (unpaired) electrons. The fourth-order valence-electron chi connectivity index (χ4n) is 4.45. The van der Waals surface area contributed by atoms with Crippen LogP contribution in [0.2, 0.25) is 0 Å². The Hall–Kier alpha value is -3.16. The van der Waals surface area contributed by atoms with Gasteiger partial charge in [0.25, 0.3) is 0 Å². The summed E-state index contributed by atoms with van der Waals surface area (Å²) in [5.74, 6) is -1.34. The molecule has 3 rings (SSSR count). The number of halogens is 6. The van der Waals surface area contributed by atoms with Crippen molar-refractivity contribution in [2.24, 2.45) is 0 Å². The van der Waals surface area contributed by atoms with Crippen LogP contribution in [0.3, 0.4) is 0 Å². The number of aromatic nitrogens is 1. The maximum Gasteiger partial charge on any atom is 0.418 e. The van der Waals surface area contributed by atoms with E-state index in [1.807, 2.05) is 39.0 Å². The van der Waals surface area contributed by atoms with Crippen LogP contribution in [0.5, 0.6) is 0 Å². The van der Waals surface area contributed by atoms with Gasteiger partial charge in [-0.15, -0.1) is 0 Å². The molecule has 0 amide bonds. The van der Waals surface area contributed by atoms with Gasteiger partial charge in [-0.05, 0) is 58.9 Å². The van der Waals surface area contributed by atoms with E-state index in [0.717, 1.165) is 53.1 Å². The highest BCUT2D eigenvalue weighted by Crippen LogP contribution is 2.39. The van der Waals surface area contributed by atoms with Gasteiger partial charge >= 0.3 is 12.4 Å². The fraction of sp³-hybridized carbons (Fsp3) is 0.357. The summed E-state index contributed by atoms with van der Waals surface area (Å²) < 4.78 is 80.6. The summed E-state index contributed by atoms with van der Waals surface area (Å²) in [6.07, 6.45) is -7.78. The first-order valence-electron chi connectivity index (χ1n) is 11.6. The predicted octanol–water partition coefficient (Wildman–Crippen LogP) is 8.14. The Morgan fingerprint density at radius 2 is 1.56 bits per heavy atom. The van der Waals surface area contributed by atoms with E-state index < -0.39 is 29.4 Å². The van der Waals surface area contributed by atoms with Crippen molar-refractivity contribution in [3.05, 3.63) is 99.9 Å². The van der Waals surface area contributed by atoms with Crippen LogP contribution in [0.1, 0.15) is 78.1 Å². The van der Waals surface area contributed by atoms with Crippen molar-refractivity contribution in [3.8, 4) is 0 Å². The number of Topliss-reactive ketones (excluding diaryl/α,β-unsaturated/α-hetero) is 1. The van der Waals surface area contributed by atoms with Crippen molar-refractivity contribution in [3.63, 3.8) is 0 Å². The Morgan fingerprint density at radius 1 is 0.889 bits per heavy atom. The summed E-state index contributed by atoms with van der Waals surface area (Å²) in [7, 11) is 0. The van der Waals surface area contributed by atoms with Crippen LogP contribution in [-0.2, 0) is 30.0 Å². The third kappa shape index (κ3) is 6.33. The van der Waals surface area contributed by atoms with Gasteiger partial charge in [0, 0.05) is 25.0 Å². The highest BCUT2D eigenvalue weighted by molar-refractivity contribution is 5.83. The smallest absolute Gasteiger partial charge is 0.299 e. The molecule has 1 aromatic heterocycles. The lowest BCUT2D eigenvalue weighted by molar-refractivity contribution is -0.139. The number of alkyl halides is 6. The second-order valence-electron chi connectivity index (χ2n) is 9.02. The second kappa shape index (κ2) is 10.8. The molecule has 2 aromatic carbocycles. The summed E-state index contributed by atoms with van der Waals surface area (Å²) in [5, 5.41) is 0. The molecule has 0 aliphatic rings. The average Bonchev–Trinajstić information content (AvgIpc) is 2.81. The van der Waals surface area contributed by atoms with Crippen molar-refractivity contribution in [2.75, 3.05) is 0 Å². The zero-order valence-electron chi connectivity index (χ0n) is 20.2. The number of rotatable bonds is 8. The monoisotopic (exact) mass is 507 g/mol. The van der Waals surface area contributed by atoms with Gasteiger partial charge in [-0.25, -0.2) is 0 Å². The molecule has 1 atom stereocenters. The van der Waals surface area contributed by atoms with Gasteiger partial charge in [0.05, 0.1) is 16.8 Å². The Morgan fingerprint density at radius 3 is 2.11 bits per heavy atom. The van der Waals surface area contributed by atoms with Gasteiger partial charge in [0.1, 0.15) is 5.78 Å². The first-order valence-corrected chi connectivity index (χ1v) is 11.6. The fourth-order valence-corrected chi connectivity index (χ4v) is 4.45. The molecule has 1 heterocycles. The standard InChI is InChI=1S/C28H27F6NO/c1-4-18-7-5-8-22(17(2)3)23(18)15-21(36)16-24(19-10-12-20(13-11-19)27(29,30)31)26-25(28(32,33)34)9-6-14-35-26/h5-14,17,24H,4,15-16H2,1-3H3/t24-/m0/s1. The number of carbonyl (C=O) groups excluding carboxylic acids is 1. The van der Waals surface area contributed by atoms with Crippen LogP contribution >= 0.6 is 0 Å². The van der Waals surface area contributed by atoms with Crippen LogP contribution < -0.4 is 0 Å². The quantitative estimate of drug-likeness (QED) is 0.288. The van der Waals surface area contributed by atoms with Crippen LogP contribution in [0, 0.1) is 0 Å². The maximum atomic E-state index is 13.8. The minimum absolute atomic E-state index is 0.0167. The van der Waals surface area contributed by atoms with Crippen LogP contribution in [0.25, 0.3) is 0 Å². The Labute approximate surface area is 206 Å². The second-order valence-corrected chi connectivity index (χ2v) is 9.02. The van der Waals surface area contributed by atoms with Crippen molar-refractivity contribution >= 4 is 5.78 Å². The van der Waals surface area contributed by atoms with E-state index in [2.05, 4.69) is 4.98 Å². The maximum absolute atomic E-state index is 13.8. The Balaban J connectivity index is 2.05. The molecule has 0 aliphatic heterocycles. The van der Waals surface area contributed by atoms with Gasteiger partial charge in [-0.2, -0.15) is 26.3 Å². The highest BCUT2D eigenvalue weighted by Gasteiger charge is 2.37. The SMILES string of the molecule is CCc1cccc(C(C)C)c1CC(=O)C[C@@H](c1ccc(C(F)(F)F)cc1)c1ncccc1C(F)(F)F. The van der Waals surface area contributed by atoms with Crippen LogP contribution in [0.15, 0.2) is 60.8 Å². The highest BCUT2D eigenvalue weighted by atomic mass is 19.4. The number of nitrogens with zero attached hydrogens (tertiary/aromatic N) is 1. The zero-order chi connectivity index (χ0) is 26.7. The number of carbonyl (C=O) groups is 1. The summed E-state index contributed by atoms with van der Waals surface area (Å²) in [5.41, 5.74) is 0.658. The lowest BCUT2D eigenvalue weighted by Crippen LogP contribution is -2.19. The third-order valence-electron chi connectivity index (χ3n) is 6.23. The van der Waals surface area contributed by atoms with Gasteiger partial charge in [0.2, 0.25) is 0 Å². The zero-order valence-corrected chi connectivity index (χ0v) is 20.2. The first-order chi connectivity index (χ1) is 16.8. The van der Waals surface area contributed by atoms with E-state index in [0.29, 0.717) is 6.42 Å². The number of hydrogen-bond donors (Lipinski definition) is 0. The number of aryl methyl sites for hydroxylation is 1. The Bertz CT molecular complexity index is 1200. The largest absolute Gasteiger partial charge is 0.418 e. The lowest BCUT2D eigenvalue weighted by Gasteiger charge is -2.22. The molecule has 36 heavy (non-hydrogen) atoms. The van der Waals surface area contributed by atoms with Crippen molar-refractivity contribution in [2.45, 2.75) is 64.2 Å². The molecule has 0 spiro atoms. The number of ketones is 1. The number of benzene rings is 2. The minimum atomic E-state index is -4.74. The van der Waals surface area contributed by atoms with E-state index in [4.69, 9.17) is 0 Å². The van der Waals surface area contributed by atoms with Gasteiger partial charge in [0.15, 0.2) is 0 Å². The molecule has 0 bridgehead atoms. The first kappa shape index (κ1) is 27.4. The van der Waals surface area contributed by atoms with Crippen molar-refractivity contribution < 1.29 is 31.1 Å². The lowest BCUT2D eigenvalue weighted by atomic mass is 9.84. The van der Waals surface area contributed by atoms with Crippen LogP contribution in [-0.4, -0.2) is 10.8 Å². The molecule has 0 fully saturated rings. The van der Waals surface area contributed by atoms with Crippen LogP contribution in [0.4, 0.5) is 26.3 Å². The molecule has 0 unspecified atom stereocenters. The summed E-state index contributed by atoms with van der Waals surface area (Å²) in [6.45, 7) is 5.95. The summed E-state index contributed by atoms with van der Waals surface area (Å²) in [4.78, 5) is 17.2. The molecule has 3 aromatic rings. The van der Waals surface area contributed by atoms with Gasteiger partial charge < -0.3 is 0 Å². The Kier molecular flexibility index (Phi) is 8.26. The molecule has 2 nitrogen and oxygen atoms in total. The molecule has 0 saturated heterocycles. The third-order valence-corrected chi connectivity index (χ3v) is 6.23. The van der Waals surface area contributed by atoms with Gasteiger partial charge in [-0.1, -0.05) is 51.1 Å². The molecular weight excluding hydrogens is 480 g/mol. The molecule has 192 valence electrons.